The quantitative estimate of drug-likeness (QED) is 0.163. The molecule has 3 aliphatic rings. The number of carbonyl (C=O) groups excluding carboxylic acids is 4. The monoisotopic (exact) mass is 705 g/mol. The van der Waals surface area contributed by atoms with Crippen LogP contribution in [0.5, 0.6) is 0 Å². The van der Waals surface area contributed by atoms with Gasteiger partial charge in [0.2, 0.25) is 11.8 Å². The van der Waals surface area contributed by atoms with Crippen LogP contribution in [0.1, 0.15) is 60.0 Å². The normalized spacial score (nSPS) is 24.1. The Hall–Kier alpha value is -5.06. The third-order valence-electron chi connectivity index (χ3n) is 10.7. The number of aryl methyl sites for hydroxylation is 2. The molecule has 3 saturated heterocycles. The summed E-state index contributed by atoms with van der Waals surface area (Å²) >= 11 is 0. The van der Waals surface area contributed by atoms with Crippen LogP contribution in [0.3, 0.4) is 0 Å². The molecule has 52 heavy (non-hydrogen) atoms. The van der Waals surface area contributed by atoms with Crippen molar-refractivity contribution in [2.75, 3.05) is 24.7 Å². The molecule has 3 aromatic rings. The third-order valence-corrected chi connectivity index (χ3v) is 10.7. The number of allylic oxidation sites excluding steroid dienone is 1. The first kappa shape index (κ1) is 36.7. The van der Waals surface area contributed by atoms with Gasteiger partial charge in [0, 0.05) is 18.7 Å². The largest absolute Gasteiger partial charge is 0.463 e. The maximum Gasteiger partial charge on any atom is 0.306 e. The number of nitrogens with zero attached hydrogens (tertiary/aromatic N) is 2. The Kier molecular flexibility index (Phi) is 11.1. The molecule has 6 rings (SSSR count). The number of hydrogen-bond donors (Lipinski definition) is 2. The number of amides is 3. The molecular formula is C42H47N3O7. The summed E-state index contributed by atoms with van der Waals surface area (Å²) in [5.74, 6) is -3.54. The highest BCUT2D eigenvalue weighted by molar-refractivity contribution is 6.05. The van der Waals surface area contributed by atoms with Crippen LogP contribution in [-0.4, -0.2) is 71.2 Å². The van der Waals surface area contributed by atoms with Gasteiger partial charge in [-0.3, -0.25) is 19.2 Å². The minimum Gasteiger partial charge on any atom is -0.463 e. The van der Waals surface area contributed by atoms with Crippen molar-refractivity contribution in [2.24, 2.45) is 11.8 Å². The molecule has 272 valence electrons. The zero-order valence-electron chi connectivity index (χ0n) is 29.8. The van der Waals surface area contributed by atoms with Gasteiger partial charge in [-0.15, -0.1) is 13.2 Å². The van der Waals surface area contributed by atoms with Crippen LogP contribution in [0.4, 0.5) is 5.69 Å². The van der Waals surface area contributed by atoms with Gasteiger partial charge in [-0.2, -0.15) is 0 Å². The van der Waals surface area contributed by atoms with Crippen LogP contribution in [0.25, 0.3) is 0 Å². The summed E-state index contributed by atoms with van der Waals surface area (Å²) in [6, 6.07) is 21.5. The number of esters is 1. The van der Waals surface area contributed by atoms with E-state index < -0.39 is 66.1 Å². The highest BCUT2D eigenvalue weighted by Gasteiger charge is 2.75. The maximum absolute atomic E-state index is 15.2. The van der Waals surface area contributed by atoms with E-state index in [1.54, 1.807) is 17.1 Å². The summed E-state index contributed by atoms with van der Waals surface area (Å²) in [4.78, 5) is 60.2. The second kappa shape index (κ2) is 15.7. The van der Waals surface area contributed by atoms with Crippen LogP contribution in [0.2, 0.25) is 0 Å². The van der Waals surface area contributed by atoms with E-state index in [1.807, 2.05) is 92.7 Å². The Labute approximate surface area is 305 Å². The van der Waals surface area contributed by atoms with Crippen molar-refractivity contribution < 1.29 is 33.8 Å². The number of carbonyl (C=O) groups is 4. The first-order valence-electron chi connectivity index (χ1n) is 17.9. The van der Waals surface area contributed by atoms with E-state index >= 15 is 4.79 Å². The molecule has 0 unspecified atom stereocenters. The Bertz CT molecular complexity index is 1810. The number of nitrogens with one attached hydrogen (secondary N) is 1. The Morgan fingerprint density at radius 2 is 1.73 bits per heavy atom. The summed E-state index contributed by atoms with van der Waals surface area (Å²) < 4.78 is 12.3. The van der Waals surface area contributed by atoms with Crippen molar-refractivity contribution in [3.05, 3.63) is 126 Å². The van der Waals surface area contributed by atoms with Crippen molar-refractivity contribution in [1.82, 2.24) is 10.2 Å². The Morgan fingerprint density at radius 1 is 1.04 bits per heavy atom. The third kappa shape index (κ3) is 6.80. The molecule has 2 bridgehead atoms. The number of hydrogen-bond acceptors (Lipinski definition) is 7. The van der Waals surface area contributed by atoms with Crippen LogP contribution in [0, 0.1) is 25.7 Å². The van der Waals surface area contributed by atoms with Crippen LogP contribution >= 0.6 is 0 Å². The molecule has 10 nitrogen and oxygen atoms in total. The van der Waals surface area contributed by atoms with Gasteiger partial charge in [-0.05, 0) is 61.4 Å². The molecule has 3 aliphatic heterocycles. The maximum atomic E-state index is 15.2. The van der Waals surface area contributed by atoms with Crippen LogP contribution in [0.15, 0.2) is 104 Å². The molecule has 0 radical (unpaired) electrons. The highest BCUT2D eigenvalue weighted by Crippen LogP contribution is 2.60. The predicted molar refractivity (Wildman–Crippen MR) is 197 cm³/mol. The summed E-state index contributed by atoms with van der Waals surface area (Å²) in [7, 11) is 0. The van der Waals surface area contributed by atoms with E-state index in [0.29, 0.717) is 30.5 Å². The van der Waals surface area contributed by atoms with E-state index in [4.69, 9.17) is 9.47 Å². The van der Waals surface area contributed by atoms with Gasteiger partial charge in [0.1, 0.15) is 18.2 Å². The summed E-state index contributed by atoms with van der Waals surface area (Å²) in [5.41, 5.74) is 2.60. The number of benzene rings is 3. The number of likely N-dealkylation sites (tertiary alicyclic amines) is 1. The molecule has 3 aromatic carbocycles. The van der Waals surface area contributed by atoms with Crippen molar-refractivity contribution >= 4 is 29.4 Å². The van der Waals surface area contributed by atoms with Gasteiger partial charge >= 0.3 is 5.97 Å². The fourth-order valence-electron chi connectivity index (χ4n) is 8.27. The predicted octanol–water partition coefficient (Wildman–Crippen LogP) is 5.30. The molecule has 7 atom stereocenters. The number of rotatable bonds is 15. The van der Waals surface area contributed by atoms with Crippen molar-refractivity contribution in [1.29, 1.82) is 0 Å². The van der Waals surface area contributed by atoms with E-state index in [-0.39, 0.29) is 25.5 Å². The SMILES string of the molecule is C=CCCC(=O)OC[C@H](NC(=O)[C@@H]1[C@@H]2CC[C@]3(O2)[C@H](C(=O)N(CC=C)c2cc(C)ccc2C)N([C@H](CO)c2ccccc2)C(=O)[C@@H]13)c1ccccc1. The average molecular weight is 706 g/mol. The lowest BCUT2D eigenvalue weighted by Gasteiger charge is -2.39. The topological polar surface area (TPSA) is 125 Å². The molecule has 3 amide bonds. The van der Waals surface area contributed by atoms with E-state index in [2.05, 4.69) is 18.5 Å². The van der Waals surface area contributed by atoms with E-state index in [0.717, 1.165) is 16.7 Å². The number of aliphatic hydroxyl groups is 1. The Balaban J connectivity index is 1.39. The lowest BCUT2D eigenvalue weighted by molar-refractivity contribution is -0.146. The lowest BCUT2D eigenvalue weighted by Crippen LogP contribution is -2.57. The zero-order chi connectivity index (χ0) is 37.0. The standard InChI is InChI=1S/C42H47N3O7/c1-5-7-18-35(47)51-26-31(29-14-10-8-11-15-29)43-39(48)36-34-21-22-42(52-34)37(36)40(49)45(33(25-46)30-16-12-9-13-17-30)38(42)41(50)44(23-6-2)32-24-27(3)19-20-28(32)4/h5-6,8-17,19-20,24,31,33-34,36-38,46H,1-2,7,18,21-23,25-26H2,3-4H3,(H,43,48)/t31-,33+,34-,36+,37+,38-,42+/m0/s1. The second-order valence-corrected chi connectivity index (χ2v) is 13.9. The van der Waals surface area contributed by atoms with Gasteiger partial charge in [-0.1, -0.05) is 84.9 Å². The fraction of sp³-hybridized carbons (Fsp3) is 0.381. The van der Waals surface area contributed by atoms with Crippen LogP contribution in [-0.2, 0) is 28.7 Å². The second-order valence-electron chi connectivity index (χ2n) is 13.9. The minimum atomic E-state index is -1.32. The first-order valence-corrected chi connectivity index (χ1v) is 17.9. The van der Waals surface area contributed by atoms with E-state index in [9.17, 15) is 19.5 Å². The van der Waals surface area contributed by atoms with Crippen molar-refractivity contribution in [3.63, 3.8) is 0 Å². The summed E-state index contributed by atoms with van der Waals surface area (Å²) in [5, 5.41) is 14.0. The van der Waals surface area contributed by atoms with E-state index in [1.165, 1.54) is 4.90 Å². The molecule has 0 aliphatic carbocycles. The van der Waals surface area contributed by atoms with Crippen molar-refractivity contribution in [3.8, 4) is 0 Å². The zero-order valence-corrected chi connectivity index (χ0v) is 29.8. The highest BCUT2D eigenvalue weighted by atomic mass is 16.5. The lowest BCUT2D eigenvalue weighted by atomic mass is 9.70. The fourth-order valence-corrected chi connectivity index (χ4v) is 8.27. The molecule has 3 fully saturated rings. The van der Waals surface area contributed by atoms with Crippen molar-refractivity contribution in [2.45, 2.75) is 69.4 Å². The van der Waals surface area contributed by atoms with Gasteiger partial charge < -0.3 is 29.7 Å². The van der Waals surface area contributed by atoms with Crippen LogP contribution < -0.4 is 10.2 Å². The molecule has 3 heterocycles. The number of fused-ring (bicyclic) bond motifs is 1. The summed E-state index contributed by atoms with van der Waals surface area (Å²) in [6.07, 6.45) is 4.15. The summed E-state index contributed by atoms with van der Waals surface area (Å²) in [6.45, 7) is 11.1. The first-order chi connectivity index (χ1) is 25.1. The van der Waals surface area contributed by atoms with Gasteiger partial charge in [0.15, 0.2) is 0 Å². The average Bonchev–Trinajstić information content (AvgIpc) is 3.81. The smallest absolute Gasteiger partial charge is 0.306 e. The number of aliphatic hydroxyl groups excluding tert-OH is 1. The van der Waals surface area contributed by atoms with Gasteiger partial charge in [0.05, 0.1) is 36.6 Å². The molecular weight excluding hydrogens is 658 g/mol. The number of ether oxygens (including phenoxy) is 2. The van der Waals surface area contributed by atoms with Gasteiger partial charge in [-0.25, -0.2) is 0 Å². The Morgan fingerprint density at radius 3 is 2.38 bits per heavy atom. The molecule has 0 aromatic heterocycles. The molecule has 1 spiro atoms. The number of anilines is 1. The molecule has 10 heteroatoms. The molecule has 0 saturated carbocycles. The minimum absolute atomic E-state index is 0.103. The molecule has 2 N–H and O–H groups in total. The van der Waals surface area contributed by atoms with Gasteiger partial charge in [0.25, 0.3) is 5.91 Å².